The predicted octanol–water partition coefficient (Wildman–Crippen LogP) is 2.11. The van der Waals surface area contributed by atoms with Crippen LogP contribution in [0, 0.1) is 17.8 Å². The molecule has 3 heteroatoms. The number of hydrogen-bond acceptors (Lipinski definition) is 2. The average Bonchev–Trinajstić information content (AvgIpc) is 2.10. The number of carboxylic acid groups (broad SMARTS) is 1. The minimum Gasteiger partial charge on any atom is -0.481 e. The van der Waals surface area contributed by atoms with Crippen molar-refractivity contribution < 1.29 is 9.90 Å². The fourth-order valence-electron chi connectivity index (χ4n) is 1.52. The highest BCUT2D eigenvalue weighted by Gasteiger charge is 2.18. The van der Waals surface area contributed by atoms with E-state index in [9.17, 15) is 4.79 Å². The third-order valence-corrected chi connectivity index (χ3v) is 2.56. The van der Waals surface area contributed by atoms with Crippen molar-refractivity contribution in [1.82, 2.24) is 0 Å². The van der Waals surface area contributed by atoms with E-state index in [0.717, 1.165) is 12.8 Å². The number of nitrogens with two attached hydrogens (primary N) is 1. The molecule has 0 rings (SSSR count). The molecule has 84 valence electrons. The molecule has 0 saturated heterocycles. The van der Waals surface area contributed by atoms with Crippen LogP contribution in [0.3, 0.4) is 0 Å². The second kappa shape index (κ2) is 6.82. The van der Waals surface area contributed by atoms with Crippen molar-refractivity contribution in [2.24, 2.45) is 23.5 Å². The second-order valence-electron chi connectivity index (χ2n) is 4.58. The topological polar surface area (TPSA) is 63.3 Å². The van der Waals surface area contributed by atoms with E-state index in [4.69, 9.17) is 10.8 Å². The van der Waals surface area contributed by atoms with Gasteiger partial charge in [-0.05, 0) is 18.3 Å². The highest BCUT2D eigenvalue weighted by Crippen LogP contribution is 2.19. The number of aliphatic carboxylic acids is 1. The van der Waals surface area contributed by atoms with Gasteiger partial charge in [0.15, 0.2) is 0 Å². The van der Waals surface area contributed by atoms with Gasteiger partial charge in [-0.3, -0.25) is 4.79 Å². The van der Waals surface area contributed by atoms with Crippen LogP contribution in [-0.4, -0.2) is 17.6 Å². The molecule has 0 aromatic heterocycles. The van der Waals surface area contributed by atoms with Gasteiger partial charge in [-0.2, -0.15) is 0 Å². The van der Waals surface area contributed by atoms with Gasteiger partial charge in [0.2, 0.25) is 0 Å². The smallest absolute Gasteiger partial charge is 0.307 e. The summed E-state index contributed by atoms with van der Waals surface area (Å²) in [6.45, 7) is 6.73. The largest absolute Gasteiger partial charge is 0.481 e. The number of rotatable bonds is 7. The quantitative estimate of drug-likeness (QED) is 0.663. The van der Waals surface area contributed by atoms with Gasteiger partial charge >= 0.3 is 5.97 Å². The van der Waals surface area contributed by atoms with Crippen LogP contribution in [-0.2, 0) is 4.79 Å². The molecule has 0 bridgehead atoms. The zero-order chi connectivity index (χ0) is 11.1. The Hall–Kier alpha value is -0.570. The first kappa shape index (κ1) is 13.4. The van der Waals surface area contributed by atoms with Gasteiger partial charge in [-0.25, -0.2) is 0 Å². The Morgan fingerprint density at radius 1 is 1.29 bits per heavy atom. The van der Waals surface area contributed by atoms with Gasteiger partial charge in [-0.1, -0.05) is 33.6 Å². The van der Waals surface area contributed by atoms with Crippen LogP contribution in [0.1, 0.15) is 40.0 Å². The lowest BCUT2D eigenvalue weighted by atomic mass is 9.90. The molecule has 14 heavy (non-hydrogen) atoms. The molecule has 0 aromatic rings. The first-order chi connectivity index (χ1) is 6.47. The second-order valence-corrected chi connectivity index (χ2v) is 4.58. The fourth-order valence-corrected chi connectivity index (χ4v) is 1.52. The number of carboxylic acids is 1. The first-order valence-electron chi connectivity index (χ1n) is 5.40. The van der Waals surface area contributed by atoms with Crippen molar-refractivity contribution >= 4 is 5.97 Å². The van der Waals surface area contributed by atoms with Crippen molar-refractivity contribution in [3.05, 3.63) is 0 Å². The van der Waals surface area contributed by atoms with E-state index < -0.39 is 5.97 Å². The molecule has 0 radical (unpaired) electrons. The molecule has 3 nitrogen and oxygen atoms in total. The standard InChI is InChI=1S/C11H23NO2/c1-8(2)4-5-9(3)6-10(7-12)11(13)14/h8-10H,4-7,12H2,1-3H3,(H,13,14)/t9-,10+/m0/s1. The molecule has 3 N–H and O–H groups in total. The third kappa shape index (κ3) is 5.97. The predicted molar refractivity (Wildman–Crippen MR) is 58.0 cm³/mol. The lowest BCUT2D eigenvalue weighted by molar-refractivity contribution is -0.141. The minimum atomic E-state index is -0.760. The number of hydrogen-bond donors (Lipinski definition) is 2. The maximum absolute atomic E-state index is 10.7. The molecule has 2 atom stereocenters. The van der Waals surface area contributed by atoms with Crippen LogP contribution in [0.25, 0.3) is 0 Å². The van der Waals surface area contributed by atoms with Gasteiger partial charge in [-0.15, -0.1) is 0 Å². The molecular formula is C11H23NO2. The van der Waals surface area contributed by atoms with Gasteiger partial charge in [0.25, 0.3) is 0 Å². The fraction of sp³-hybridized carbons (Fsp3) is 0.909. The molecule has 0 aliphatic carbocycles. The summed E-state index contributed by atoms with van der Waals surface area (Å²) in [5, 5.41) is 8.82. The lowest BCUT2D eigenvalue weighted by Crippen LogP contribution is -2.25. The zero-order valence-corrected chi connectivity index (χ0v) is 9.49. The van der Waals surface area contributed by atoms with Crippen LogP contribution in [0.2, 0.25) is 0 Å². The van der Waals surface area contributed by atoms with E-state index in [2.05, 4.69) is 20.8 Å². The normalized spacial score (nSPS) is 15.5. The molecule has 0 unspecified atom stereocenters. The summed E-state index contributed by atoms with van der Waals surface area (Å²) in [6, 6.07) is 0. The van der Waals surface area contributed by atoms with E-state index >= 15 is 0 Å². The van der Waals surface area contributed by atoms with Gasteiger partial charge < -0.3 is 10.8 Å². The average molecular weight is 201 g/mol. The van der Waals surface area contributed by atoms with Gasteiger partial charge in [0, 0.05) is 6.54 Å². The summed E-state index contributed by atoms with van der Waals surface area (Å²) in [4.78, 5) is 10.7. The summed E-state index contributed by atoms with van der Waals surface area (Å²) >= 11 is 0. The summed E-state index contributed by atoms with van der Waals surface area (Å²) in [5.74, 6) is 0.0294. The molecule has 0 fully saturated rings. The molecular weight excluding hydrogens is 178 g/mol. The van der Waals surface area contributed by atoms with Crippen LogP contribution in [0.15, 0.2) is 0 Å². The monoisotopic (exact) mass is 201 g/mol. The molecule has 0 aliphatic rings. The molecule has 0 heterocycles. The van der Waals surface area contributed by atoms with Crippen molar-refractivity contribution in [2.75, 3.05) is 6.54 Å². The van der Waals surface area contributed by atoms with Crippen molar-refractivity contribution in [3.63, 3.8) is 0 Å². The Balaban J connectivity index is 3.79. The molecule has 0 aliphatic heterocycles. The maximum atomic E-state index is 10.7. The highest BCUT2D eigenvalue weighted by molar-refractivity contribution is 5.70. The zero-order valence-electron chi connectivity index (χ0n) is 9.49. The summed E-state index contributed by atoms with van der Waals surface area (Å²) in [6.07, 6.45) is 2.97. The first-order valence-corrected chi connectivity index (χ1v) is 5.40. The number of carbonyl (C=O) groups is 1. The van der Waals surface area contributed by atoms with Crippen molar-refractivity contribution in [2.45, 2.75) is 40.0 Å². The Labute approximate surface area is 86.7 Å². The van der Waals surface area contributed by atoms with Crippen molar-refractivity contribution in [3.8, 4) is 0 Å². The van der Waals surface area contributed by atoms with E-state index in [-0.39, 0.29) is 12.5 Å². The van der Waals surface area contributed by atoms with Crippen LogP contribution in [0.4, 0.5) is 0 Å². The van der Waals surface area contributed by atoms with Gasteiger partial charge in [0.1, 0.15) is 0 Å². The summed E-state index contributed by atoms with van der Waals surface area (Å²) in [7, 11) is 0. The maximum Gasteiger partial charge on any atom is 0.307 e. The molecule has 0 saturated carbocycles. The Morgan fingerprint density at radius 3 is 2.21 bits per heavy atom. The summed E-state index contributed by atoms with van der Waals surface area (Å²) in [5.41, 5.74) is 5.40. The summed E-state index contributed by atoms with van der Waals surface area (Å²) < 4.78 is 0. The van der Waals surface area contributed by atoms with Crippen LogP contribution in [0.5, 0.6) is 0 Å². The van der Waals surface area contributed by atoms with E-state index in [1.807, 2.05) is 0 Å². The van der Waals surface area contributed by atoms with Crippen LogP contribution >= 0.6 is 0 Å². The lowest BCUT2D eigenvalue weighted by Gasteiger charge is -2.16. The third-order valence-electron chi connectivity index (χ3n) is 2.56. The Kier molecular flexibility index (Phi) is 6.54. The van der Waals surface area contributed by atoms with Gasteiger partial charge in [0.05, 0.1) is 5.92 Å². The van der Waals surface area contributed by atoms with Crippen LogP contribution < -0.4 is 5.73 Å². The Bertz CT molecular complexity index is 169. The van der Waals surface area contributed by atoms with Crippen molar-refractivity contribution in [1.29, 1.82) is 0 Å². The SMILES string of the molecule is CC(C)CC[C@H](C)C[C@H](CN)C(=O)O. The van der Waals surface area contributed by atoms with E-state index in [0.29, 0.717) is 18.3 Å². The minimum absolute atomic E-state index is 0.251. The molecule has 0 amide bonds. The molecule has 0 spiro atoms. The highest BCUT2D eigenvalue weighted by atomic mass is 16.4. The Morgan fingerprint density at radius 2 is 1.86 bits per heavy atom. The van der Waals surface area contributed by atoms with E-state index in [1.165, 1.54) is 0 Å². The molecule has 0 aromatic carbocycles. The van der Waals surface area contributed by atoms with E-state index in [1.54, 1.807) is 0 Å².